The molecule has 0 aromatic heterocycles. The number of nitrogens with one attached hydrogen (secondary N) is 1. The van der Waals surface area contributed by atoms with E-state index in [1.165, 1.54) is 5.56 Å². The molecule has 114 valence electrons. The summed E-state index contributed by atoms with van der Waals surface area (Å²) in [5.74, 6) is 1.03. The second-order valence-electron chi connectivity index (χ2n) is 5.83. The number of halogens is 1. The Labute approximate surface area is 135 Å². The van der Waals surface area contributed by atoms with Gasteiger partial charge in [-0.3, -0.25) is 4.79 Å². The first kappa shape index (κ1) is 14.9. The minimum absolute atomic E-state index is 0.131. The molecule has 0 bridgehead atoms. The van der Waals surface area contributed by atoms with Crippen molar-refractivity contribution in [3.05, 3.63) is 58.6 Å². The average molecular weight is 316 g/mol. The van der Waals surface area contributed by atoms with Gasteiger partial charge in [0.15, 0.2) is 6.10 Å². The molecular formula is C18H18ClNO2. The van der Waals surface area contributed by atoms with Crippen LogP contribution in [0.4, 0.5) is 5.69 Å². The van der Waals surface area contributed by atoms with Crippen LogP contribution in [0, 0.1) is 0 Å². The second-order valence-corrected chi connectivity index (χ2v) is 6.27. The maximum atomic E-state index is 12.4. The molecule has 1 aliphatic rings. The van der Waals surface area contributed by atoms with E-state index in [9.17, 15) is 4.79 Å². The van der Waals surface area contributed by atoms with Crippen LogP contribution in [0.25, 0.3) is 0 Å². The molecule has 2 aromatic rings. The van der Waals surface area contributed by atoms with E-state index in [1.807, 2.05) is 30.3 Å². The lowest BCUT2D eigenvalue weighted by atomic mass is 10.0. The Kier molecular flexibility index (Phi) is 4.08. The van der Waals surface area contributed by atoms with Gasteiger partial charge in [-0.25, -0.2) is 0 Å². The normalized spacial score (nSPS) is 16.3. The van der Waals surface area contributed by atoms with Crippen molar-refractivity contribution in [3.63, 3.8) is 0 Å². The third-order valence-corrected chi connectivity index (χ3v) is 4.05. The number of amides is 1. The van der Waals surface area contributed by atoms with Gasteiger partial charge in [0, 0.05) is 17.1 Å². The molecule has 0 saturated heterocycles. The first-order chi connectivity index (χ1) is 10.5. The van der Waals surface area contributed by atoms with Crippen molar-refractivity contribution in [2.75, 3.05) is 5.32 Å². The molecule has 1 unspecified atom stereocenters. The van der Waals surface area contributed by atoms with Gasteiger partial charge in [-0.1, -0.05) is 37.6 Å². The lowest BCUT2D eigenvalue weighted by Crippen LogP contribution is -2.31. The van der Waals surface area contributed by atoms with Gasteiger partial charge >= 0.3 is 0 Å². The first-order valence-corrected chi connectivity index (χ1v) is 7.76. The maximum Gasteiger partial charge on any atom is 0.265 e. The predicted molar refractivity (Wildman–Crippen MR) is 88.7 cm³/mol. The van der Waals surface area contributed by atoms with Crippen LogP contribution in [0.3, 0.4) is 0 Å². The summed E-state index contributed by atoms with van der Waals surface area (Å²) in [6.45, 7) is 4.25. The number of benzene rings is 2. The van der Waals surface area contributed by atoms with E-state index >= 15 is 0 Å². The number of carbonyl (C=O) groups is 1. The van der Waals surface area contributed by atoms with Gasteiger partial charge in [0.2, 0.25) is 0 Å². The fourth-order valence-corrected chi connectivity index (χ4v) is 2.76. The van der Waals surface area contributed by atoms with Gasteiger partial charge < -0.3 is 10.1 Å². The summed E-state index contributed by atoms with van der Waals surface area (Å²) >= 11 is 5.97. The van der Waals surface area contributed by atoms with Gasteiger partial charge in [-0.2, -0.15) is 0 Å². The van der Waals surface area contributed by atoms with E-state index in [0.29, 0.717) is 17.4 Å². The van der Waals surface area contributed by atoms with Crippen molar-refractivity contribution in [1.82, 2.24) is 0 Å². The molecule has 1 N–H and O–H groups in total. The summed E-state index contributed by atoms with van der Waals surface area (Å²) < 4.78 is 5.70. The molecule has 1 atom stereocenters. The number of rotatable bonds is 3. The molecule has 0 spiro atoms. The van der Waals surface area contributed by atoms with E-state index in [2.05, 4.69) is 25.2 Å². The summed E-state index contributed by atoms with van der Waals surface area (Å²) in [6, 6.07) is 13.3. The fourth-order valence-electron chi connectivity index (χ4n) is 2.56. The van der Waals surface area contributed by atoms with Crippen molar-refractivity contribution in [1.29, 1.82) is 0 Å². The van der Waals surface area contributed by atoms with Gasteiger partial charge in [0.05, 0.1) is 0 Å². The topological polar surface area (TPSA) is 38.3 Å². The second kappa shape index (κ2) is 6.01. The van der Waals surface area contributed by atoms with Crippen molar-refractivity contribution in [2.45, 2.75) is 32.3 Å². The summed E-state index contributed by atoms with van der Waals surface area (Å²) in [7, 11) is 0. The minimum Gasteiger partial charge on any atom is -0.480 e. The van der Waals surface area contributed by atoms with Crippen molar-refractivity contribution in [2.24, 2.45) is 0 Å². The van der Waals surface area contributed by atoms with Crippen LogP contribution in [0.2, 0.25) is 5.02 Å². The zero-order valence-electron chi connectivity index (χ0n) is 12.6. The molecule has 3 nitrogen and oxygen atoms in total. The fraction of sp³-hybridized carbons (Fsp3) is 0.278. The van der Waals surface area contributed by atoms with Crippen LogP contribution >= 0.6 is 11.6 Å². The number of hydrogen-bond acceptors (Lipinski definition) is 2. The molecule has 22 heavy (non-hydrogen) atoms. The predicted octanol–water partition coefficient (Wildman–Crippen LogP) is 4.41. The molecule has 4 heteroatoms. The summed E-state index contributed by atoms with van der Waals surface area (Å²) in [6.07, 6.45) is 0.0437. The molecule has 0 aliphatic carbocycles. The highest BCUT2D eigenvalue weighted by atomic mass is 35.5. The number of hydrogen-bond donors (Lipinski definition) is 1. The quantitative estimate of drug-likeness (QED) is 0.911. The van der Waals surface area contributed by atoms with Crippen LogP contribution in [-0.2, 0) is 11.2 Å². The van der Waals surface area contributed by atoms with Crippen molar-refractivity contribution >= 4 is 23.2 Å². The number of ether oxygens (including phenoxy) is 1. The van der Waals surface area contributed by atoms with Crippen molar-refractivity contribution < 1.29 is 9.53 Å². The summed E-state index contributed by atoms with van der Waals surface area (Å²) in [5, 5.41) is 3.59. The zero-order chi connectivity index (χ0) is 15.7. The molecule has 1 heterocycles. The Hall–Kier alpha value is -2.00. The molecule has 2 aromatic carbocycles. The van der Waals surface area contributed by atoms with Crippen LogP contribution < -0.4 is 10.1 Å². The number of carbonyl (C=O) groups excluding carboxylic acids is 1. The highest BCUT2D eigenvalue weighted by Gasteiger charge is 2.29. The highest BCUT2D eigenvalue weighted by Crippen LogP contribution is 2.31. The Morgan fingerprint density at radius 3 is 2.86 bits per heavy atom. The highest BCUT2D eigenvalue weighted by molar-refractivity contribution is 6.30. The lowest BCUT2D eigenvalue weighted by molar-refractivity contribution is -0.122. The number of anilines is 1. The van der Waals surface area contributed by atoms with Gasteiger partial charge in [0.1, 0.15) is 5.75 Å². The van der Waals surface area contributed by atoms with E-state index in [-0.39, 0.29) is 5.91 Å². The molecule has 1 amide bonds. The SMILES string of the molecule is CC(C)c1cccc(NC(=O)C2Cc3cc(Cl)ccc3O2)c1. The summed E-state index contributed by atoms with van der Waals surface area (Å²) in [5.41, 5.74) is 2.97. The van der Waals surface area contributed by atoms with Gasteiger partial charge in [-0.15, -0.1) is 0 Å². The van der Waals surface area contributed by atoms with Gasteiger partial charge in [-0.05, 0) is 47.4 Å². The summed E-state index contributed by atoms with van der Waals surface area (Å²) in [4.78, 5) is 12.4. The minimum atomic E-state index is -0.504. The molecule has 0 radical (unpaired) electrons. The van der Waals surface area contributed by atoms with E-state index in [0.717, 1.165) is 17.0 Å². The third-order valence-electron chi connectivity index (χ3n) is 3.81. The van der Waals surface area contributed by atoms with Crippen molar-refractivity contribution in [3.8, 4) is 5.75 Å². The zero-order valence-corrected chi connectivity index (χ0v) is 13.4. The first-order valence-electron chi connectivity index (χ1n) is 7.39. The Bertz CT molecular complexity index is 712. The number of fused-ring (bicyclic) bond motifs is 1. The molecule has 3 rings (SSSR count). The van der Waals surface area contributed by atoms with Crippen LogP contribution in [0.5, 0.6) is 5.75 Å². The largest absolute Gasteiger partial charge is 0.480 e. The van der Waals surface area contributed by atoms with Crippen LogP contribution in [-0.4, -0.2) is 12.0 Å². The standard InChI is InChI=1S/C18H18ClNO2/c1-11(2)12-4-3-5-15(9-12)20-18(21)17-10-13-8-14(19)6-7-16(13)22-17/h3-9,11,17H,10H2,1-2H3,(H,20,21). The van der Waals surface area contributed by atoms with E-state index in [4.69, 9.17) is 16.3 Å². The molecule has 0 fully saturated rings. The van der Waals surface area contributed by atoms with E-state index in [1.54, 1.807) is 6.07 Å². The van der Waals surface area contributed by atoms with Gasteiger partial charge in [0.25, 0.3) is 5.91 Å². The maximum absolute atomic E-state index is 12.4. The Morgan fingerprint density at radius 1 is 1.27 bits per heavy atom. The average Bonchev–Trinajstić information content (AvgIpc) is 2.90. The van der Waals surface area contributed by atoms with Crippen LogP contribution in [0.15, 0.2) is 42.5 Å². The van der Waals surface area contributed by atoms with Crippen LogP contribution in [0.1, 0.15) is 30.9 Å². The Balaban J connectivity index is 1.70. The molecule has 1 aliphatic heterocycles. The monoisotopic (exact) mass is 315 g/mol. The molecule has 0 saturated carbocycles. The van der Waals surface area contributed by atoms with E-state index < -0.39 is 6.10 Å². The lowest BCUT2D eigenvalue weighted by Gasteiger charge is -2.13. The smallest absolute Gasteiger partial charge is 0.265 e. The Morgan fingerprint density at radius 2 is 2.09 bits per heavy atom. The third kappa shape index (κ3) is 3.09. The molecular weight excluding hydrogens is 298 g/mol.